The molecule has 2 unspecified atom stereocenters. The van der Waals surface area contributed by atoms with E-state index < -0.39 is 0 Å². The van der Waals surface area contributed by atoms with Crippen LogP contribution in [0.15, 0.2) is 6.33 Å². The highest BCUT2D eigenvalue weighted by atomic mass is 15.3. The highest BCUT2D eigenvalue weighted by Crippen LogP contribution is 2.23. The van der Waals surface area contributed by atoms with E-state index in [4.69, 9.17) is 0 Å². The van der Waals surface area contributed by atoms with Crippen LogP contribution < -0.4 is 5.32 Å². The van der Waals surface area contributed by atoms with Gasteiger partial charge in [0.25, 0.3) is 0 Å². The van der Waals surface area contributed by atoms with Crippen LogP contribution in [0.4, 0.5) is 0 Å². The third-order valence-corrected chi connectivity index (χ3v) is 3.09. The second-order valence-electron chi connectivity index (χ2n) is 4.04. The first-order valence-electron chi connectivity index (χ1n) is 5.43. The third kappa shape index (κ3) is 1.66. The molecule has 0 aliphatic carbocycles. The van der Waals surface area contributed by atoms with Gasteiger partial charge in [-0.3, -0.25) is 0 Å². The molecule has 0 bridgehead atoms. The van der Waals surface area contributed by atoms with Gasteiger partial charge in [0.05, 0.1) is 0 Å². The van der Waals surface area contributed by atoms with Crippen molar-refractivity contribution >= 4 is 0 Å². The Labute approximate surface area is 84.7 Å². The summed E-state index contributed by atoms with van der Waals surface area (Å²) in [6.45, 7) is 6.57. The number of rotatable bonds is 3. The van der Waals surface area contributed by atoms with Crippen molar-refractivity contribution in [2.45, 2.75) is 38.6 Å². The normalized spacial score (nSPS) is 24.0. The fourth-order valence-electron chi connectivity index (χ4n) is 1.96. The van der Waals surface area contributed by atoms with Crippen molar-refractivity contribution in [2.75, 3.05) is 13.1 Å². The zero-order chi connectivity index (χ0) is 9.97. The van der Waals surface area contributed by atoms with Gasteiger partial charge < -0.3 is 9.88 Å². The first-order valence-corrected chi connectivity index (χ1v) is 5.43. The van der Waals surface area contributed by atoms with Crippen LogP contribution in [0.25, 0.3) is 0 Å². The van der Waals surface area contributed by atoms with Crippen LogP contribution >= 0.6 is 0 Å². The quantitative estimate of drug-likeness (QED) is 0.789. The fraction of sp³-hybridized carbons (Fsp3) is 0.800. The van der Waals surface area contributed by atoms with Gasteiger partial charge in [-0.15, -0.1) is 10.2 Å². The predicted octanol–water partition coefficient (Wildman–Crippen LogP) is 1.33. The molecular formula is C10H18N4. The highest BCUT2D eigenvalue weighted by molar-refractivity contribution is 5.01. The van der Waals surface area contributed by atoms with Crippen molar-refractivity contribution in [3.63, 3.8) is 0 Å². The average molecular weight is 194 g/mol. The molecule has 0 amide bonds. The maximum atomic E-state index is 4.24. The Bertz CT molecular complexity index is 288. The summed E-state index contributed by atoms with van der Waals surface area (Å²) in [5.74, 6) is 1.72. The van der Waals surface area contributed by atoms with Gasteiger partial charge in [-0.25, -0.2) is 0 Å². The maximum absolute atomic E-state index is 4.24. The lowest BCUT2D eigenvalue weighted by molar-refractivity contribution is 0.489. The minimum Gasteiger partial charge on any atom is -0.316 e. The lowest BCUT2D eigenvalue weighted by Gasteiger charge is -2.15. The summed E-state index contributed by atoms with van der Waals surface area (Å²) < 4.78 is 2.22. The van der Waals surface area contributed by atoms with E-state index in [9.17, 15) is 0 Å². The molecule has 0 spiro atoms. The Hall–Kier alpha value is -0.900. The van der Waals surface area contributed by atoms with E-state index in [2.05, 4.69) is 33.9 Å². The van der Waals surface area contributed by atoms with Crippen molar-refractivity contribution in [1.82, 2.24) is 20.1 Å². The standard InChI is InChI=1S/C10H18N4/c1-3-8(2)14-7-12-13-10(14)9-4-5-11-6-9/h7-9,11H,3-6H2,1-2H3. The Balaban J connectivity index is 2.19. The molecule has 1 N–H and O–H groups in total. The molecule has 78 valence electrons. The van der Waals surface area contributed by atoms with Crippen LogP contribution in [0.5, 0.6) is 0 Å². The number of aromatic nitrogens is 3. The molecule has 1 aliphatic heterocycles. The molecule has 1 aliphatic rings. The summed E-state index contributed by atoms with van der Waals surface area (Å²) in [6, 6.07) is 0.514. The van der Waals surface area contributed by atoms with E-state index in [1.54, 1.807) is 0 Å². The highest BCUT2D eigenvalue weighted by Gasteiger charge is 2.22. The van der Waals surface area contributed by atoms with E-state index in [-0.39, 0.29) is 0 Å². The van der Waals surface area contributed by atoms with E-state index in [0.717, 1.165) is 25.3 Å². The molecule has 0 aromatic carbocycles. The zero-order valence-electron chi connectivity index (χ0n) is 8.90. The van der Waals surface area contributed by atoms with Crippen LogP contribution in [0.1, 0.15) is 44.5 Å². The molecule has 1 saturated heterocycles. The van der Waals surface area contributed by atoms with Gasteiger partial charge in [-0.1, -0.05) is 6.92 Å². The lowest BCUT2D eigenvalue weighted by Crippen LogP contribution is -2.14. The van der Waals surface area contributed by atoms with Gasteiger partial charge in [0.1, 0.15) is 12.2 Å². The minimum atomic E-state index is 0.514. The largest absolute Gasteiger partial charge is 0.316 e. The Morgan fingerprint density at radius 2 is 2.57 bits per heavy atom. The molecule has 0 saturated carbocycles. The Kier molecular flexibility index (Phi) is 2.82. The third-order valence-electron chi connectivity index (χ3n) is 3.09. The molecule has 1 aromatic heterocycles. The topological polar surface area (TPSA) is 42.7 Å². The van der Waals surface area contributed by atoms with Crippen LogP contribution in [-0.2, 0) is 0 Å². The van der Waals surface area contributed by atoms with Gasteiger partial charge in [-0.05, 0) is 26.3 Å². The average Bonchev–Trinajstić information content (AvgIpc) is 2.85. The van der Waals surface area contributed by atoms with Crippen molar-refractivity contribution in [2.24, 2.45) is 0 Å². The molecule has 4 heteroatoms. The van der Waals surface area contributed by atoms with E-state index in [1.807, 2.05) is 6.33 Å². The molecule has 4 nitrogen and oxygen atoms in total. The van der Waals surface area contributed by atoms with Crippen LogP contribution in [0.2, 0.25) is 0 Å². The lowest BCUT2D eigenvalue weighted by atomic mass is 10.1. The smallest absolute Gasteiger partial charge is 0.137 e. The summed E-state index contributed by atoms with van der Waals surface area (Å²) in [5, 5.41) is 11.6. The predicted molar refractivity (Wildman–Crippen MR) is 55.3 cm³/mol. The summed E-state index contributed by atoms with van der Waals surface area (Å²) in [6.07, 6.45) is 4.18. The summed E-state index contributed by atoms with van der Waals surface area (Å²) >= 11 is 0. The molecule has 1 aromatic rings. The van der Waals surface area contributed by atoms with Gasteiger partial charge in [0.2, 0.25) is 0 Å². The van der Waals surface area contributed by atoms with Crippen molar-refractivity contribution in [3.05, 3.63) is 12.2 Å². The maximum Gasteiger partial charge on any atom is 0.137 e. The summed E-state index contributed by atoms with van der Waals surface area (Å²) in [7, 11) is 0. The Morgan fingerprint density at radius 3 is 3.21 bits per heavy atom. The Morgan fingerprint density at radius 1 is 1.71 bits per heavy atom. The van der Waals surface area contributed by atoms with Gasteiger partial charge >= 0.3 is 0 Å². The summed E-state index contributed by atoms with van der Waals surface area (Å²) in [4.78, 5) is 0. The summed E-state index contributed by atoms with van der Waals surface area (Å²) in [5.41, 5.74) is 0. The number of nitrogens with one attached hydrogen (secondary N) is 1. The molecule has 2 atom stereocenters. The van der Waals surface area contributed by atoms with E-state index in [0.29, 0.717) is 12.0 Å². The van der Waals surface area contributed by atoms with Crippen molar-refractivity contribution in [1.29, 1.82) is 0 Å². The van der Waals surface area contributed by atoms with Gasteiger partial charge in [-0.2, -0.15) is 0 Å². The monoisotopic (exact) mass is 194 g/mol. The molecule has 1 fully saturated rings. The number of hydrogen-bond donors (Lipinski definition) is 1. The van der Waals surface area contributed by atoms with Gasteiger partial charge in [0, 0.05) is 18.5 Å². The number of hydrogen-bond acceptors (Lipinski definition) is 3. The second-order valence-corrected chi connectivity index (χ2v) is 4.04. The van der Waals surface area contributed by atoms with Crippen molar-refractivity contribution in [3.8, 4) is 0 Å². The number of nitrogens with zero attached hydrogens (tertiary/aromatic N) is 3. The zero-order valence-corrected chi connectivity index (χ0v) is 8.90. The van der Waals surface area contributed by atoms with Crippen LogP contribution in [-0.4, -0.2) is 27.9 Å². The molecule has 2 rings (SSSR count). The molecule has 0 radical (unpaired) electrons. The molecule has 2 heterocycles. The first-order chi connectivity index (χ1) is 6.83. The van der Waals surface area contributed by atoms with E-state index >= 15 is 0 Å². The first kappa shape index (κ1) is 9.65. The van der Waals surface area contributed by atoms with Crippen LogP contribution in [0, 0.1) is 0 Å². The van der Waals surface area contributed by atoms with Crippen molar-refractivity contribution < 1.29 is 0 Å². The van der Waals surface area contributed by atoms with E-state index in [1.165, 1.54) is 6.42 Å². The van der Waals surface area contributed by atoms with Crippen LogP contribution in [0.3, 0.4) is 0 Å². The fourth-order valence-corrected chi connectivity index (χ4v) is 1.96. The minimum absolute atomic E-state index is 0.514. The second kappa shape index (κ2) is 4.09. The molecule has 14 heavy (non-hydrogen) atoms. The molecular weight excluding hydrogens is 176 g/mol. The SMILES string of the molecule is CCC(C)n1cnnc1C1CCNC1. The van der Waals surface area contributed by atoms with Gasteiger partial charge in [0.15, 0.2) is 0 Å².